The highest BCUT2D eigenvalue weighted by Gasteiger charge is 1.63. The van der Waals surface area contributed by atoms with Gasteiger partial charge in [0.25, 0.3) is 0 Å². The van der Waals surface area contributed by atoms with Crippen molar-refractivity contribution >= 4 is 8.35 Å². The van der Waals surface area contributed by atoms with E-state index >= 15 is 0 Å². The number of aromatic nitrogens is 2. The van der Waals surface area contributed by atoms with Crippen LogP contribution in [0.5, 0.6) is 0 Å². The molecule has 1 aromatic rings. The Morgan fingerprint density at radius 1 is 1.80 bits per heavy atom. The number of hydrogen-bond acceptors (Lipinski definition) is 3. The van der Waals surface area contributed by atoms with E-state index in [1.54, 1.807) is 0 Å². The predicted molar refractivity (Wildman–Crippen MR) is 16.8 cm³/mol. The maximum atomic E-state index is 4.27. The summed E-state index contributed by atoms with van der Waals surface area (Å²) in [5.74, 6) is 1.50. The van der Waals surface area contributed by atoms with E-state index in [1.807, 2.05) is 0 Å². The molecule has 0 bridgehead atoms. The maximum absolute atomic E-state index is 4.27. The lowest BCUT2D eigenvalue weighted by Gasteiger charge is -1.44. The second-order valence-corrected chi connectivity index (χ2v) is 1.12. The Kier molecular flexibility index (Phi) is 0.630. The molecule has 0 aliphatic rings. The van der Waals surface area contributed by atoms with E-state index in [1.165, 1.54) is 5.99 Å². The Bertz CT molecular complexity index is 66.1. The first-order valence-corrected chi connectivity index (χ1v) is 1.99. The van der Waals surface area contributed by atoms with Crippen LogP contribution in [-0.4, -0.2) is 10.1 Å². The monoisotopic (exact) mass is 88.0 g/mol. The van der Waals surface area contributed by atoms with Crippen LogP contribution >= 0.6 is 8.35 Å². The van der Waals surface area contributed by atoms with Crippen LogP contribution in [0.15, 0.2) is 10.5 Å². The SMILES string of the molecule is c1onnp1. The van der Waals surface area contributed by atoms with Gasteiger partial charge in [0.2, 0.25) is 0 Å². The van der Waals surface area contributed by atoms with Gasteiger partial charge < -0.3 is 4.52 Å². The lowest BCUT2D eigenvalue weighted by atomic mass is 11.8. The molecule has 0 fully saturated rings. The fourth-order valence-electron chi connectivity index (χ4n) is 0.105. The largest absolute Gasteiger partial charge is 0.340 e. The van der Waals surface area contributed by atoms with Crippen LogP contribution < -0.4 is 0 Å². The third kappa shape index (κ3) is 0.421. The van der Waals surface area contributed by atoms with Crippen molar-refractivity contribution in [3.63, 3.8) is 0 Å². The third-order valence-electron chi connectivity index (χ3n) is 0.230. The second kappa shape index (κ2) is 1.13. The van der Waals surface area contributed by atoms with E-state index in [0.717, 1.165) is 8.35 Å². The molecule has 26 valence electrons. The Labute approximate surface area is 30.1 Å². The lowest BCUT2D eigenvalue weighted by Crippen LogP contribution is -1.50. The summed E-state index contributed by atoms with van der Waals surface area (Å²) in [5.41, 5.74) is 0. The summed E-state index contributed by atoms with van der Waals surface area (Å²) in [4.78, 5) is 3.40. The average Bonchev–Trinajstić information content (AvgIpc) is 1.76. The van der Waals surface area contributed by atoms with Crippen LogP contribution in [0.1, 0.15) is 0 Å². The average molecular weight is 88.0 g/mol. The smallest absolute Gasteiger partial charge is 0.171 e. The van der Waals surface area contributed by atoms with Gasteiger partial charge in [-0.25, -0.2) is 0 Å². The zero-order chi connectivity index (χ0) is 3.54. The van der Waals surface area contributed by atoms with E-state index < -0.39 is 0 Å². The molecule has 1 rings (SSSR count). The van der Waals surface area contributed by atoms with Gasteiger partial charge in [-0.1, -0.05) is 4.86 Å². The summed E-state index contributed by atoms with van der Waals surface area (Å²) in [6.07, 6.45) is 0. The van der Waals surface area contributed by atoms with Crippen LogP contribution in [-0.2, 0) is 0 Å². The maximum Gasteiger partial charge on any atom is 0.171 e. The normalized spacial score (nSPS) is 9.60. The van der Waals surface area contributed by atoms with Crippen molar-refractivity contribution in [2.45, 2.75) is 0 Å². The van der Waals surface area contributed by atoms with Gasteiger partial charge in [0.05, 0.1) is 0 Å². The third-order valence-corrected chi connectivity index (χ3v) is 0.594. The van der Waals surface area contributed by atoms with Crippen molar-refractivity contribution in [2.75, 3.05) is 0 Å². The minimum absolute atomic E-state index is 0.802. The highest BCUT2D eigenvalue weighted by molar-refractivity contribution is 7.23. The highest BCUT2D eigenvalue weighted by Crippen LogP contribution is 1.88. The molecule has 0 N–H and O–H groups in total. The molecule has 0 atom stereocenters. The van der Waals surface area contributed by atoms with Gasteiger partial charge in [-0.2, -0.15) is 0 Å². The fraction of sp³-hybridized carbons (Fsp3) is 0. The van der Waals surface area contributed by atoms with Crippen molar-refractivity contribution in [3.05, 3.63) is 5.99 Å². The topological polar surface area (TPSA) is 38.9 Å². The molecular weight excluding hydrogens is 87.0 g/mol. The van der Waals surface area contributed by atoms with Crippen LogP contribution in [0.4, 0.5) is 0 Å². The first-order chi connectivity index (χ1) is 2.50. The quantitative estimate of drug-likeness (QED) is 0.467. The van der Waals surface area contributed by atoms with E-state index in [-0.39, 0.29) is 0 Å². The molecule has 4 heteroatoms. The number of rotatable bonds is 0. The fourth-order valence-corrected chi connectivity index (χ4v) is 0.316. The molecule has 0 aromatic carbocycles. The first-order valence-electron chi connectivity index (χ1n) is 1.08. The van der Waals surface area contributed by atoms with Crippen molar-refractivity contribution in [1.82, 2.24) is 10.1 Å². The van der Waals surface area contributed by atoms with Gasteiger partial charge in [0.15, 0.2) is 5.99 Å². The van der Waals surface area contributed by atoms with Gasteiger partial charge in [0.1, 0.15) is 8.35 Å². The Balaban J connectivity index is 3.13. The molecule has 0 aliphatic carbocycles. The predicted octanol–water partition coefficient (Wildman–Crippen LogP) is 0.650. The molecule has 0 aliphatic heterocycles. The van der Waals surface area contributed by atoms with E-state index in [2.05, 4.69) is 14.7 Å². The van der Waals surface area contributed by atoms with Gasteiger partial charge in [-0.15, -0.1) is 0 Å². The molecule has 0 spiro atoms. The molecule has 0 radical (unpaired) electrons. The molecule has 0 saturated heterocycles. The van der Waals surface area contributed by atoms with E-state index in [9.17, 15) is 0 Å². The molecule has 3 nitrogen and oxygen atoms in total. The van der Waals surface area contributed by atoms with Gasteiger partial charge in [-0.05, 0) is 0 Å². The molecule has 0 saturated carbocycles. The summed E-state index contributed by atoms with van der Waals surface area (Å²) >= 11 is 0. The molecular formula is CHN2OP. The van der Waals surface area contributed by atoms with Gasteiger partial charge in [-0.3, -0.25) is 0 Å². The Morgan fingerprint density at radius 3 is 3.00 bits per heavy atom. The molecule has 0 unspecified atom stereocenters. The van der Waals surface area contributed by atoms with Crippen LogP contribution in [0.3, 0.4) is 0 Å². The number of nitrogens with zero attached hydrogens (tertiary/aromatic N) is 2. The zero-order valence-electron chi connectivity index (χ0n) is 2.33. The highest BCUT2D eigenvalue weighted by atomic mass is 31.0. The molecule has 5 heavy (non-hydrogen) atoms. The number of hydrogen-bond donors (Lipinski definition) is 0. The summed E-state index contributed by atoms with van der Waals surface area (Å²) < 4.78 is 4.27. The standard InChI is InChI=1S/CHN2OP/c1-4-2-3-5-1/h1H. The van der Waals surface area contributed by atoms with Gasteiger partial charge in [0, 0.05) is 5.27 Å². The summed E-state index contributed by atoms with van der Waals surface area (Å²) in [6, 6.07) is 0. The van der Waals surface area contributed by atoms with Crippen molar-refractivity contribution < 1.29 is 4.52 Å². The van der Waals surface area contributed by atoms with Crippen LogP contribution in [0.25, 0.3) is 0 Å². The summed E-state index contributed by atoms with van der Waals surface area (Å²) in [5, 5.41) is 3.14. The molecule has 0 amide bonds. The minimum Gasteiger partial charge on any atom is -0.340 e. The summed E-state index contributed by atoms with van der Waals surface area (Å²) in [6.45, 7) is 0. The molecule has 1 aromatic heterocycles. The van der Waals surface area contributed by atoms with Crippen molar-refractivity contribution in [2.24, 2.45) is 0 Å². The van der Waals surface area contributed by atoms with Crippen LogP contribution in [0.2, 0.25) is 0 Å². The van der Waals surface area contributed by atoms with Crippen molar-refractivity contribution in [3.8, 4) is 0 Å². The molecule has 1 heterocycles. The lowest BCUT2D eigenvalue weighted by molar-refractivity contribution is 0.393. The zero-order valence-corrected chi connectivity index (χ0v) is 3.22. The summed E-state index contributed by atoms with van der Waals surface area (Å²) in [7, 11) is 0.802. The van der Waals surface area contributed by atoms with E-state index in [4.69, 9.17) is 0 Å². The van der Waals surface area contributed by atoms with E-state index in [0.29, 0.717) is 0 Å². The van der Waals surface area contributed by atoms with Crippen molar-refractivity contribution in [1.29, 1.82) is 0 Å². The first kappa shape index (κ1) is 2.79. The minimum atomic E-state index is 0.802. The Hall–Kier alpha value is -0.430. The van der Waals surface area contributed by atoms with Gasteiger partial charge >= 0.3 is 0 Å². The van der Waals surface area contributed by atoms with Crippen LogP contribution in [0, 0.1) is 0 Å². The second-order valence-electron chi connectivity index (χ2n) is 0.497. The Morgan fingerprint density at radius 2 is 2.80 bits per heavy atom.